The summed E-state index contributed by atoms with van der Waals surface area (Å²) < 4.78 is 30.4. The molecule has 0 saturated carbocycles. The smallest absolute Gasteiger partial charge is 0.306 e. The Kier molecular flexibility index (Phi) is 57.1. The number of unbranched alkanes of at least 4 members (excludes halogenated alkanes) is 42. The van der Waals surface area contributed by atoms with Gasteiger partial charge >= 0.3 is 5.97 Å². The van der Waals surface area contributed by atoms with Gasteiger partial charge in [-0.1, -0.05) is 276 Å². The molecule has 460 valence electrons. The van der Waals surface area contributed by atoms with Crippen LogP contribution in [0.15, 0.2) is 36.5 Å². The van der Waals surface area contributed by atoms with Gasteiger partial charge in [-0.3, -0.25) is 14.2 Å². The molecule has 0 fully saturated rings. The molecule has 0 aliphatic heterocycles. The van der Waals surface area contributed by atoms with Crippen LogP contribution in [0.1, 0.15) is 335 Å². The van der Waals surface area contributed by atoms with Gasteiger partial charge in [0.2, 0.25) is 5.91 Å². The van der Waals surface area contributed by atoms with Gasteiger partial charge in [0.1, 0.15) is 19.3 Å². The molecule has 0 aromatic rings. The van der Waals surface area contributed by atoms with E-state index in [-0.39, 0.29) is 31.5 Å². The number of phosphoric acid groups is 1. The van der Waals surface area contributed by atoms with Crippen molar-refractivity contribution in [3.8, 4) is 0 Å². The maximum absolute atomic E-state index is 13.6. The Hall–Kier alpha value is -1.77. The maximum atomic E-state index is 13.6. The van der Waals surface area contributed by atoms with Crippen molar-refractivity contribution in [2.24, 2.45) is 0 Å². The Morgan fingerprint density at radius 3 is 1.09 bits per heavy atom. The molecule has 0 aliphatic rings. The molecule has 10 heteroatoms. The molecule has 0 spiro atoms. The fraction of sp³-hybridized carbons (Fsp3) is 0.882. The number of esters is 1. The number of carbonyl (C=O) groups excluding carboxylic acids is 2. The largest absolute Gasteiger partial charge is 0.756 e. The summed E-state index contributed by atoms with van der Waals surface area (Å²) in [6.45, 7) is 6.88. The molecule has 78 heavy (non-hydrogen) atoms. The lowest BCUT2D eigenvalue weighted by atomic mass is 10.0. The summed E-state index contributed by atoms with van der Waals surface area (Å²) in [5.41, 5.74) is 0. The predicted molar refractivity (Wildman–Crippen MR) is 335 cm³/mol. The molecule has 0 bridgehead atoms. The zero-order chi connectivity index (χ0) is 57.2. The topological polar surface area (TPSA) is 114 Å². The summed E-state index contributed by atoms with van der Waals surface area (Å²) in [7, 11) is 1.20. The first kappa shape index (κ1) is 76.2. The number of hydrogen-bond acceptors (Lipinski definition) is 7. The minimum absolute atomic E-state index is 0.0207. The van der Waals surface area contributed by atoms with E-state index in [0.29, 0.717) is 17.4 Å². The van der Waals surface area contributed by atoms with E-state index in [9.17, 15) is 19.0 Å². The fourth-order valence-electron chi connectivity index (χ4n) is 10.0. The molecule has 9 nitrogen and oxygen atoms in total. The minimum atomic E-state index is -4.70. The van der Waals surface area contributed by atoms with Crippen LogP contribution < -0.4 is 10.2 Å². The number of likely N-dealkylation sites (N-methyl/N-ethyl adjacent to an activating group) is 1. The van der Waals surface area contributed by atoms with Crippen molar-refractivity contribution in [2.75, 3.05) is 40.9 Å². The first-order chi connectivity index (χ1) is 37.9. The van der Waals surface area contributed by atoms with Crippen LogP contribution in [0.4, 0.5) is 0 Å². The van der Waals surface area contributed by atoms with Crippen molar-refractivity contribution in [3.63, 3.8) is 0 Å². The highest BCUT2D eigenvalue weighted by atomic mass is 31.2. The van der Waals surface area contributed by atoms with Crippen molar-refractivity contribution in [1.82, 2.24) is 5.32 Å². The highest BCUT2D eigenvalue weighted by Crippen LogP contribution is 2.38. The number of quaternary nitrogens is 1. The molecule has 1 amide bonds. The summed E-state index contributed by atoms with van der Waals surface area (Å²) in [5, 5.41) is 3.04. The molecular formula is C68H131N2O7P. The summed E-state index contributed by atoms with van der Waals surface area (Å²) in [4.78, 5) is 40.1. The Morgan fingerprint density at radius 1 is 0.436 bits per heavy atom. The van der Waals surface area contributed by atoms with Crippen molar-refractivity contribution in [3.05, 3.63) is 36.5 Å². The van der Waals surface area contributed by atoms with Crippen LogP contribution in [0.3, 0.4) is 0 Å². The molecular weight excluding hydrogens is 988 g/mol. The number of rotatable bonds is 62. The standard InChI is InChI=1S/C68H131N2O7P/c1-7-10-13-16-19-22-25-28-30-32-34-35-37-39-41-43-46-49-52-55-58-61-68(72)77-66(59-56-53-50-47-44-27-24-21-18-15-12-9-3)65(64-76-78(73,74)75-63-62-70(4,5)6)69-67(71)60-57-54-51-48-45-42-40-38-36-33-31-29-26-23-20-17-14-11-8-2/h28-31,56,59,65-66H,7-27,32-55,57-58,60-64H2,1-6H3,(H-,69,71,73,74)/b30-28+,31-29+,59-56+. The van der Waals surface area contributed by atoms with Crippen molar-refractivity contribution in [1.29, 1.82) is 0 Å². The molecule has 0 saturated heterocycles. The normalized spacial score (nSPS) is 13.8. The Balaban J connectivity index is 5.14. The first-order valence-electron chi connectivity index (χ1n) is 33.8. The molecule has 0 heterocycles. The van der Waals surface area contributed by atoms with Gasteiger partial charge in [-0.25, -0.2) is 0 Å². The number of allylic oxidation sites excluding steroid dienone is 5. The van der Waals surface area contributed by atoms with Crippen molar-refractivity contribution >= 4 is 19.7 Å². The SMILES string of the molecule is CCCCCCCC/C=C/CCCCCCCCCCCCCC(=O)OC(/C=C/CCCCCCCCCCCC)C(COP(=O)([O-])OCC[N+](C)(C)C)NC(=O)CCCCCCCCCCC/C=C/CCCCCCCC. The van der Waals surface area contributed by atoms with Gasteiger partial charge in [-0.2, -0.15) is 0 Å². The molecule has 0 radical (unpaired) electrons. The van der Waals surface area contributed by atoms with E-state index >= 15 is 0 Å². The van der Waals surface area contributed by atoms with E-state index < -0.39 is 20.0 Å². The molecule has 0 aromatic carbocycles. The molecule has 0 rings (SSSR count). The maximum Gasteiger partial charge on any atom is 0.306 e. The fourth-order valence-corrected chi connectivity index (χ4v) is 10.8. The quantitative estimate of drug-likeness (QED) is 0.0212. The highest BCUT2D eigenvalue weighted by Gasteiger charge is 2.27. The van der Waals surface area contributed by atoms with Crippen molar-refractivity contribution < 1.29 is 37.3 Å². The second kappa shape index (κ2) is 58.4. The van der Waals surface area contributed by atoms with Crippen LogP contribution >= 0.6 is 7.82 Å². The van der Waals surface area contributed by atoms with E-state index in [1.807, 2.05) is 33.3 Å². The van der Waals surface area contributed by atoms with Crippen LogP contribution in [0.25, 0.3) is 0 Å². The third-order valence-corrected chi connectivity index (χ3v) is 16.3. The van der Waals surface area contributed by atoms with E-state index in [2.05, 4.69) is 50.4 Å². The Bertz CT molecular complexity index is 1430. The van der Waals surface area contributed by atoms with Crippen LogP contribution in [0.5, 0.6) is 0 Å². The summed E-state index contributed by atoms with van der Waals surface area (Å²) in [6.07, 6.45) is 71.1. The zero-order valence-electron chi connectivity index (χ0n) is 52.6. The summed E-state index contributed by atoms with van der Waals surface area (Å²) in [5.74, 6) is -0.529. The van der Waals surface area contributed by atoms with Crippen molar-refractivity contribution in [2.45, 2.75) is 348 Å². The number of nitrogens with zero attached hydrogens (tertiary/aromatic N) is 1. The van der Waals surface area contributed by atoms with E-state index in [0.717, 1.165) is 57.8 Å². The van der Waals surface area contributed by atoms with Gasteiger partial charge in [-0.15, -0.1) is 0 Å². The van der Waals surface area contributed by atoms with Crippen LogP contribution in [0, 0.1) is 0 Å². The number of ether oxygens (including phenoxy) is 1. The number of phosphoric ester groups is 1. The van der Waals surface area contributed by atoms with Crippen LogP contribution in [-0.4, -0.2) is 69.4 Å². The lowest BCUT2D eigenvalue weighted by Crippen LogP contribution is -2.47. The van der Waals surface area contributed by atoms with E-state index in [1.165, 1.54) is 244 Å². The van der Waals surface area contributed by atoms with Gasteiger partial charge in [0.05, 0.1) is 33.8 Å². The average Bonchev–Trinajstić information content (AvgIpc) is 3.40. The predicted octanol–water partition coefficient (Wildman–Crippen LogP) is 20.4. The average molecular weight is 1120 g/mol. The second-order valence-electron chi connectivity index (χ2n) is 24.3. The number of nitrogens with one attached hydrogen (secondary N) is 1. The van der Waals surface area contributed by atoms with Gasteiger partial charge in [0.25, 0.3) is 7.82 Å². The van der Waals surface area contributed by atoms with Crippen LogP contribution in [0.2, 0.25) is 0 Å². The molecule has 3 atom stereocenters. The van der Waals surface area contributed by atoms with E-state index in [4.69, 9.17) is 13.8 Å². The minimum Gasteiger partial charge on any atom is -0.756 e. The monoisotopic (exact) mass is 1120 g/mol. The molecule has 0 aliphatic carbocycles. The van der Waals surface area contributed by atoms with Crippen LogP contribution in [-0.2, 0) is 27.9 Å². The lowest BCUT2D eigenvalue weighted by Gasteiger charge is -2.30. The van der Waals surface area contributed by atoms with E-state index in [1.54, 1.807) is 0 Å². The Labute approximate surface area is 485 Å². The number of carbonyl (C=O) groups is 2. The van der Waals surface area contributed by atoms with Gasteiger partial charge in [-0.05, 0) is 83.1 Å². The molecule has 0 aromatic heterocycles. The molecule has 1 N–H and O–H groups in total. The highest BCUT2D eigenvalue weighted by molar-refractivity contribution is 7.45. The lowest BCUT2D eigenvalue weighted by molar-refractivity contribution is -0.870. The van der Waals surface area contributed by atoms with Gasteiger partial charge < -0.3 is 28.5 Å². The summed E-state index contributed by atoms with van der Waals surface area (Å²) >= 11 is 0. The third kappa shape index (κ3) is 58.9. The Morgan fingerprint density at radius 2 is 0.744 bits per heavy atom. The zero-order valence-corrected chi connectivity index (χ0v) is 53.5. The van der Waals surface area contributed by atoms with Gasteiger partial charge in [0, 0.05) is 12.8 Å². The summed E-state index contributed by atoms with van der Waals surface area (Å²) in [6, 6.07) is -0.887. The second-order valence-corrected chi connectivity index (χ2v) is 25.7. The number of amides is 1. The first-order valence-corrected chi connectivity index (χ1v) is 35.3. The molecule has 3 unspecified atom stereocenters. The third-order valence-electron chi connectivity index (χ3n) is 15.3. The van der Waals surface area contributed by atoms with Gasteiger partial charge in [0.15, 0.2) is 0 Å². The number of hydrogen-bond donors (Lipinski definition) is 1.